The van der Waals surface area contributed by atoms with E-state index in [-0.39, 0.29) is 0 Å². The summed E-state index contributed by atoms with van der Waals surface area (Å²) >= 11 is 11.0. The van der Waals surface area contributed by atoms with E-state index in [0.29, 0.717) is 22.5 Å². The third-order valence-corrected chi connectivity index (χ3v) is 9.27. The number of hydrogen-bond acceptors (Lipinski definition) is 0. The molecule has 0 fully saturated rings. The van der Waals surface area contributed by atoms with Crippen LogP contribution in [0.15, 0.2) is 25.6 Å². The van der Waals surface area contributed by atoms with Crippen LogP contribution < -0.4 is 3.58 Å². The molecule has 0 saturated heterocycles. The Morgan fingerprint density at radius 1 is 1.00 bits per heavy atom. The van der Waals surface area contributed by atoms with Crippen molar-refractivity contribution in [3.05, 3.63) is 25.6 Å². The zero-order valence-electron chi connectivity index (χ0n) is 5.29. The quantitative estimate of drug-likeness (QED) is 0.432. The predicted octanol–water partition coefficient (Wildman–Crippen LogP) is 1.96. The van der Waals surface area contributed by atoms with Gasteiger partial charge >= 0.3 is 99.4 Å². The molecule has 0 aliphatic carbocycles. The first-order valence-corrected chi connectivity index (χ1v) is 7.96. The fraction of sp³-hybridized carbons (Fsp3) is 0. The molecule has 0 aliphatic rings. The normalized spacial score (nSPS) is 10.3. The van der Waals surface area contributed by atoms with E-state index in [4.69, 9.17) is 0 Å². The molecular formula is C6H5Br3Sn. The summed E-state index contributed by atoms with van der Waals surface area (Å²) in [6.07, 6.45) is 0. The molecule has 4 heteroatoms. The molecule has 54 valence electrons. The van der Waals surface area contributed by atoms with Crippen molar-refractivity contribution in [1.82, 2.24) is 0 Å². The van der Waals surface area contributed by atoms with Crippen molar-refractivity contribution < 1.29 is 0 Å². The molecule has 1 rings (SSSR count). The first kappa shape index (κ1) is 9.55. The summed E-state index contributed by atoms with van der Waals surface area (Å²) < 4.78 is 4.88. The Hall–Kier alpha value is 1.46. The summed E-state index contributed by atoms with van der Waals surface area (Å²) in [5, 5.41) is 0. The van der Waals surface area contributed by atoms with Crippen molar-refractivity contribution in [1.29, 1.82) is 0 Å². The summed E-state index contributed by atoms with van der Waals surface area (Å²) in [5.74, 6) is 0. The van der Waals surface area contributed by atoms with Crippen molar-refractivity contribution in [3.63, 3.8) is 0 Å². The number of rotatable bonds is 0. The Labute approximate surface area is 98.2 Å². The Kier molecular flexibility index (Phi) is 3.74. The van der Waals surface area contributed by atoms with Crippen molar-refractivity contribution >= 4 is 73.9 Å². The third kappa shape index (κ3) is 1.99. The molecule has 0 radical (unpaired) electrons. The number of hydrogen-bond donors (Lipinski definition) is 0. The summed E-state index contributed by atoms with van der Waals surface area (Å²) in [6, 6.07) is 4.22. The molecule has 0 aromatic heterocycles. The zero-order chi connectivity index (χ0) is 7.72. The van der Waals surface area contributed by atoms with Crippen molar-refractivity contribution in [2.45, 2.75) is 0 Å². The molecule has 1 aromatic rings. The summed E-state index contributed by atoms with van der Waals surface area (Å²) in [7, 11) is 0. The SMILES string of the molecule is Brc1cc[c]([SnH3])c(Br)c1Br. The van der Waals surface area contributed by atoms with Crippen LogP contribution in [0.4, 0.5) is 0 Å². The molecule has 1 aromatic carbocycles. The van der Waals surface area contributed by atoms with Gasteiger partial charge in [0.15, 0.2) is 0 Å². The Bertz CT molecular complexity index is 232. The summed E-state index contributed by atoms with van der Waals surface area (Å²) in [4.78, 5) is 0. The molecule has 10 heavy (non-hydrogen) atoms. The van der Waals surface area contributed by atoms with E-state index in [2.05, 4.69) is 59.9 Å². The van der Waals surface area contributed by atoms with Crippen LogP contribution in [0, 0.1) is 0 Å². The first-order valence-electron chi connectivity index (χ1n) is 2.73. The molecule has 0 nitrogen and oxygen atoms in total. The van der Waals surface area contributed by atoms with Crippen LogP contribution in [0.25, 0.3) is 0 Å². The topological polar surface area (TPSA) is 0 Å². The standard InChI is InChI=1S/C6H2Br3.Sn.3H/c7-4-2-1-3-5(8)6(4)9;;;;/h1-2H;;;;. The van der Waals surface area contributed by atoms with Gasteiger partial charge in [-0.2, -0.15) is 0 Å². The average molecular weight is 436 g/mol. The fourth-order valence-electron chi connectivity index (χ4n) is 0.622. The molecule has 0 saturated carbocycles. The van der Waals surface area contributed by atoms with Gasteiger partial charge in [0, 0.05) is 0 Å². The van der Waals surface area contributed by atoms with Gasteiger partial charge in [0.05, 0.1) is 0 Å². The minimum atomic E-state index is 0.572. The van der Waals surface area contributed by atoms with Crippen LogP contribution >= 0.6 is 47.8 Å². The van der Waals surface area contributed by atoms with Gasteiger partial charge in [0.1, 0.15) is 0 Å². The Morgan fingerprint density at radius 2 is 1.60 bits per heavy atom. The molecule has 0 amide bonds. The van der Waals surface area contributed by atoms with E-state index in [1.807, 2.05) is 0 Å². The van der Waals surface area contributed by atoms with Gasteiger partial charge in [-0.3, -0.25) is 0 Å². The van der Waals surface area contributed by atoms with E-state index in [9.17, 15) is 0 Å². The Morgan fingerprint density at radius 3 is 2.10 bits per heavy atom. The summed E-state index contributed by atoms with van der Waals surface area (Å²) in [5.41, 5.74) is 0. The molecule has 0 heterocycles. The number of halogens is 3. The molecule has 0 bridgehead atoms. The van der Waals surface area contributed by atoms with Crippen LogP contribution in [-0.2, 0) is 0 Å². The van der Waals surface area contributed by atoms with Crippen LogP contribution in [-0.4, -0.2) is 22.5 Å². The van der Waals surface area contributed by atoms with Crippen LogP contribution in [0.2, 0.25) is 0 Å². The number of benzene rings is 1. The predicted molar refractivity (Wildman–Crippen MR) is 59.1 cm³/mol. The average Bonchev–Trinajstić information content (AvgIpc) is 1.93. The van der Waals surface area contributed by atoms with Gasteiger partial charge in [-0.1, -0.05) is 0 Å². The van der Waals surface area contributed by atoms with E-state index in [1.54, 1.807) is 0 Å². The van der Waals surface area contributed by atoms with E-state index >= 15 is 0 Å². The second kappa shape index (κ2) is 3.92. The molecule has 0 spiro atoms. The minimum absolute atomic E-state index is 0.572. The molecule has 0 N–H and O–H groups in total. The van der Waals surface area contributed by atoms with E-state index in [0.717, 1.165) is 8.95 Å². The second-order valence-corrected chi connectivity index (χ2v) is 7.51. The van der Waals surface area contributed by atoms with E-state index < -0.39 is 0 Å². The van der Waals surface area contributed by atoms with Crippen molar-refractivity contribution in [3.8, 4) is 0 Å². The molecular weight excluding hydrogens is 430 g/mol. The first-order chi connectivity index (χ1) is 4.63. The second-order valence-electron chi connectivity index (χ2n) is 1.99. The van der Waals surface area contributed by atoms with Crippen molar-refractivity contribution in [2.75, 3.05) is 0 Å². The Balaban J connectivity index is 3.34. The molecule has 0 unspecified atom stereocenters. The van der Waals surface area contributed by atoms with Crippen LogP contribution in [0.3, 0.4) is 0 Å². The monoisotopic (exact) mass is 434 g/mol. The van der Waals surface area contributed by atoms with Crippen LogP contribution in [0.5, 0.6) is 0 Å². The molecule has 0 atom stereocenters. The van der Waals surface area contributed by atoms with Gasteiger partial charge in [0.25, 0.3) is 0 Å². The zero-order valence-corrected chi connectivity index (χ0v) is 15.8. The summed E-state index contributed by atoms with van der Waals surface area (Å²) in [6.45, 7) is 0. The van der Waals surface area contributed by atoms with Crippen molar-refractivity contribution in [2.24, 2.45) is 0 Å². The fourth-order valence-corrected chi connectivity index (χ4v) is 4.24. The maximum absolute atomic E-state index is 3.51. The van der Waals surface area contributed by atoms with Crippen LogP contribution in [0.1, 0.15) is 0 Å². The third-order valence-electron chi connectivity index (χ3n) is 1.23. The maximum atomic E-state index is 3.51. The van der Waals surface area contributed by atoms with Gasteiger partial charge < -0.3 is 0 Å². The van der Waals surface area contributed by atoms with E-state index in [1.165, 1.54) is 8.05 Å². The van der Waals surface area contributed by atoms with Gasteiger partial charge in [-0.15, -0.1) is 0 Å². The van der Waals surface area contributed by atoms with Gasteiger partial charge in [0.2, 0.25) is 0 Å². The van der Waals surface area contributed by atoms with Gasteiger partial charge in [-0.25, -0.2) is 0 Å². The van der Waals surface area contributed by atoms with Gasteiger partial charge in [-0.05, 0) is 0 Å². The molecule has 0 aliphatic heterocycles.